The Morgan fingerprint density at radius 2 is 1.93 bits per heavy atom. The number of amides is 1. The maximum atomic E-state index is 12.3. The van der Waals surface area contributed by atoms with Crippen LogP contribution in [0.2, 0.25) is 0 Å². The van der Waals surface area contributed by atoms with E-state index in [2.05, 4.69) is 20.4 Å². The van der Waals surface area contributed by atoms with Crippen molar-refractivity contribution in [2.45, 2.75) is 45.8 Å². The first-order chi connectivity index (χ1) is 13.8. The molecule has 1 amide bonds. The predicted octanol–water partition coefficient (Wildman–Crippen LogP) is 1.50. The van der Waals surface area contributed by atoms with Crippen LogP contribution < -0.4 is 10.9 Å². The summed E-state index contributed by atoms with van der Waals surface area (Å²) in [6.45, 7) is 5.16. The van der Waals surface area contributed by atoms with Gasteiger partial charge in [0.15, 0.2) is 11.8 Å². The van der Waals surface area contributed by atoms with Gasteiger partial charge in [-0.1, -0.05) is 18.2 Å². The molecule has 9 nitrogen and oxygen atoms in total. The van der Waals surface area contributed by atoms with Crippen molar-refractivity contribution in [3.05, 3.63) is 52.7 Å². The lowest BCUT2D eigenvalue weighted by Gasteiger charge is -2.15. The fraction of sp³-hybridized carbons (Fsp3) is 0.350. The Balaban J connectivity index is 1.71. The van der Waals surface area contributed by atoms with Crippen molar-refractivity contribution in [2.24, 2.45) is 0 Å². The van der Waals surface area contributed by atoms with Crippen LogP contribution in [0.15, 0.2) is 41.3 Å². The van der Waals surface area contributed by atoms with Gasteiger partial charge in [0.05, 0.1) is 18.3 Å². The molecule has 152 valence electrons. The molecule has 0 saturated carbocycles. The topological polar surface area (TPSA) is 119 Å². The minimum absolute atomic E-state index is 0.0206. The van der Waals surface area contributed by atoms with E-state index in [1.807, 2.05) is 44.2 Å². The van der Waals surface area contributed by atoms with E-state index in [4.69, 9.17) is 4.74 Å². The molecule has 0 radical (unpaired) electrons. The molecule has 9 heteroatoms. The molecule has 0 spiro atoms. The van der Waals surface area contributed by atoms with E-state index < -0.39 is 12.1 Å². The van der Waals surface area contributed by atoms with E-state index in [-0.39, 0.29) is 30.3 Å². The molecule has 0 fully saturated rings. The average molecular weight is 397 g/mol. The highest BCUT2D eigenvalue weighted by molar-refractivity contribution is 5.83. The van der Waals surface area contributed by atoms with Gasteiger partial charge in [-0.05, 0) is 32.9 Å². The SMILES string of the molecule is CC(C)NC(=O)[C@H](C)OC(=O)CCc1nc2c(cnn2-c2ccccc2)c(=O)[nH]1. The number of para-hydroxylation sites is 1. The van der Waals surface area contributed by atoms with E-state index in [0.29, 0.717) is 16.9 Å². The predicted molar refractivity (Wildman–Crippen MR) is 107 cm³/mol. The van der Waals surface area contributed by atoms with Crippen molar-refractivity contribution < 1.29 is 14.3 Å². The highest BCUT2D eigenvalue weighted by Gasteiger charge is 2.19. The molecule has 0 aliphatic heterocycles. The van der Waals surface area contributed by atoms with Gasteiger partial charge in [-0.2, -0.15) is 5.10 Å². The van der Waals surface area contributed by atoms with Crippen molar-refractivity contribution in [2.75, 3.05) is 0 Å². The van der Waals surface area contributed by atoms with E-state index in [9.17, 15) is 14.4 Å². The first kappa shape index (κ1) is 20.2. The van der Waals surface area contributed by atoms with Gasteiger partial charge in [-0.25, -0.2) is 9.67 Å². The number of nitrogens with one attached hydrogen (secondary N) is 2. The summed E-state index contributed by atoms with van der Waals surface area (Å²) in [4.78, 5) is 43.4. The van der Waals surface area contributed by atoms with Crippen LogP contribution >= 0.6 is 0 Å². The summed E-state index contributed by atoms with van der Waals surface area (Å²) in [5.41, 5.74) is 0.856. The second-order valence-corrected chi connectivity index (χ2v) is 6.94. The molecule has 29 heavy (non-hydrogen) atoms. The highest BCUT2D eigenvalue weighted by Crippen LogP contribution is 2.14. The number of aromatic amines is 1. The van der Waals surface area contributed by atoms with Crippen LogP contribution in [0, 0.1) is 0 Å². The van der Waals surface area contributed by atoms with Gasteiger partial charge in [0, 0.05) is 12.5 Å². The number of hydrogen-bond acceptors (Lipinski definition) is 6. The number of H-pyrrole nitrogens is 1. The first-order valence-corrected chi connectivity index (χ1v) is 9.37. The zero-order valence-electron chi connectivity index (χ0n) is 16.5. The Labute approximate surface area is 167 Å². The zero-order chi connectivity index (χ0) is 21.0. The Bertz CT molecular complexity index is 1070. The van der Waals surface area contributed by atoms with Gasteiger partial charge in [-0.15, -0.1) is 0 Å². The summed E-state index contributed by atoms with van der Waals surface area (Å²) in [7, 11) is 0. The number of carbonyl (C=O) groups excluding carboxylic acids is 2. The van der Waals surface area contributed by atoms with E-state index in [1.165, 1.54) is 13.1 Å². The standard InChI is InChI=1S/C20H23N5O4/c1-12(2)22-19(27)13(3)29-17(26)10-9-16-23-18-15(20(28)24-16)11-21-25(18)14-7-5-4-6-8-14/h4-8,11-13H,9-10H2,1-3H3,(H,22,27)(H,23,24,28)/t13-/m0/s1. The lowest BCUT2D eigenvalue weighted by atomic mass is 10.2. The highest BCUT2D eigenvalue weighted by atomic mass is 16.5. The first-order valence-electron chi connectivity index (χ1n) is 9.37. The molecule has 0 aliphatic rings. The number of hydrogen-bond donors (Lipinski definition) is 2. The van der Waals surface area contributed by atoms with Crippen LogP contribution in [0.3, 0.4) is 0 Å². The molecular weight excluding hydrogens is 374 g/mol. The van der Waals surface area contributed by atoms with Crippen molar-refractivity contribution in [1.29, 1.82) is 0 Å². The monoisotopic (exact) mass is 397 g/mol. The van der Waals surface area contributed by atoms with Crippen molar-refractivity contribution in [1.82, 2.24) is 25.1 Å². The number of esters is 1. The van der Waals surface area contributed by atoms with Gasteiger partial charge < -0.3 is 15.0 Å². The third-order valence-corrected chi connectivity index (χ3v) is 4.16. The normalized spacial score (nSPS) is 12.1. The van der Waals surface area contributed by atoms with Crippen molar-refractivity contribution in [3.63, 3.8) is 0 Å². The Hall–Kier alpha value is -3.49. The Morgan fingerprint density at radius 1 is 1.21 bits per heavy atom. The lowest BCUT2D eigenvalue weighted by Crippen LogP contribution is -2.39. The molecule has 1 aromatic carbocycles. The summed E-state index contributed by atoms with van der Waals surface area (Å²) in [5.74, 6) is -0.555. The second kappa shape index (κ2) is 8.68. The number of fused-ring (bicyclic) bond motifs is 1. The molecular formula is C20H23N5O4. The molecule has 2 aromatic heterocycles. The summed E-state index contributed by atoms with van der Waals surface area (Å²) in [5, 5.41) is 7.29. The number of aromatic nitrogens is 4. The molecule has 3 rings (SSSR count). The second-order valence-electron chi connectivity index (χ2n) is 6.94. The molecule has 0 aliphatic carbocycles. The van der Waals surface area contributed by atoms with Crippen LogP contribution in [-0.2, 0) is 20.7 Å². The van der Waals surface area contributed by atoms with E-state index in [0.717, 1.165) is 5.69 Å². The lowest BCUT2D eigenvalue weighted by molar-refractivity contribution is -0.155. The van der Waals surface area contributed by atoms with Gasteiger partial charge in [0.2, 0.25) is 0 Å². The van der Waals surface area contributed by atoms with E-state index in [1.54, 1.807) is 4.68 Å². The smallest absolute Gasteiger partial charge is 0.307 e. The van der Waals surface area contributed by atoms with Gasteiger partial charge in [0.1, 0.15) is 11.2 Å². The third-order valence-electron chi connectivity index (χ3n) is 4.16. The van der Waals surface area contributed by atoms with Crippen molar-refractivity contribution in [3.8, 4) is 5.69 Å². The zero-order valence-corrected chi connectivity index (χ0v) is 16.5. The van der Waals surface area contributed by atoms with Gasteiger partial charge in [0.25, 0.3) is 11.5 Å². The number of aryl methyl sites for hydroxylation is 1. The molecule has 3 aromatic rings. The summed E-state index contributed by atoms with van der Waals surface area (Å²) >= 11 is 0. The fourth-order valence-electron chi connectivity index (χ4n) is 2.77. The van der Waals surface area contributed by atoms with Crippen LogP contribution in [0.4, 0.5) is 0 Å². The molecule has 1 atom stereocenters. The largest absolute Gasteiger partial charge is 0.453 e. The Kier molecular flexibility index (Phi) is 6.06. The minimum atomic E-state index is -0.890. The molecule has 0 unspecified atom stereocenters. The fourth-order valence-corrected chi connectivity index (χ4v) is 2.77. The molecule has 2 heterocycles. The maximum Gasteiger partial charge on any atom is 0.307 e. The summed E-state index contributed by atoms with van der Waals surface area (Å²) in [6, 6.07) is 9.28. The van der Waals surface area contributed by atoms with Crippen LogP contribution in [0.1, 0.15) is 33.0 Å². The van der Waals surface area contributed by atoms with Gasteiger partial charge in [-0.3, -0.25) is 14.4 Å². The number of rotatable bonds is 7. The average Bonchev–Trinajstić information content (AvgIpc) is 3.11. The van der Waals surface area contributed by atoms with Crippen LogP contribution in [-0.4, -0.2) is 43.8 Å². The minimum Gasteiger partial charge on any atom is -0.453 e. The number of carbonyl (C=O) groups is 2. The van der Waals surface area contributed by atoms with Gasteiger partial charge >= 0.3 is 5.97 Å². The summed E-state index contributed by atoms with van der Waals surface area (Å²) < 4.78 is 6.72. The number of benzene rings is 1. The molecule has 0 saturated heterocycles. The maximum absolute atomic E-state index is 12.3. The van der Waals surface area contributed by atoms with Crippen LogP contribution in [0.5, 0.6) is 0 Å². The van der Waals surface area contributed by atoms with Crippen LogP contribution in [0.25, 0.3) is 16.7 Å². The summed E-state index contributed by atoms with van der Waals surface area (Å²) in [6.07, 6.45) is 0.718. The quantitative estimate of drug-likeness (QED) is 0.583. The van der Waals surface area contributed by atoms with E-state index >= 15 is 0 Å². The molecule has 2 N–H and O–H groups in total. The molecule has 0 bridgehead atoms. The third kappa shape index (κ3) is 4.87. The van der Waals surface area contributed by atoms with Crippen molar-refractivity contribution >= 4 is 22.9 Å². The number of ether oxygens (including phenoxy) is 1. The number of nitrogens with zero attached hydrogens (tertiary/aromatic N) is 3. The Morgan fingerprint density at radius 3 is 2.62 bits per heavy atom.